The van der Waals surface area contributed by atoms with E-state index < -0.39 is 0 Å². The standard InChI is InChI=1S/C16H20N2O3/c1-10(2)18(11(3)19)9-13-7-12-5-6-14(21-4)8-15(12)17-16(13)20/h5-8,10H,9H2,1-4H3,(H,17,20). The number of hydrogen-bond donors (Lipinski definition) is 1. The Hall–Kier alpha value is -2.30. The first-order valence-corrected chi connectivity index (χ1v) is 6.89. The number of carbonyl (C=O) groups is 1. The third kappa shape index (κ3) is 3.24. The van der Waals surface area contributed by atoms with Crippen molar-refractivity contribution in [1.82, 2.24) is 9.88 Å². The molecule has 1 aromatic carbocycles. The first-order valence-electron chi connectivity index (χ1n) is 6.89. The molecule has 1 N–H and O–H groups in total. The molecular weight excluding hydrogens is 268 g/mol. The highest BCUT2D eigenvalue weighted by molar-refractivity contribution is 5.80. The van der Waals surface area contributed by atoms with Crippen LogP contribution >= 0.6 is 0 Å². The summed E-state index contributed by atoms with van der Waals surface area (Å²) >= 11 is 0. The van der Waals surface area contributed by atoms with Gasteiger partial charge in [-0.05, 0) is 37.4 Å². The largest absolute Gasteiger partial charge is 0.497 e. The SMILES string of the molecule is COc1ccc2cc(CN(C(C)=O)C(C)C)c(=O)[nH]c2c1. The van der Waals surface area contributed by atoms with Gasteiger partial charge in [0.1, 0.15) is 5.75 Å². The van der Waals surface area contributed by atoms with Crippen LogP contribution < -0.4 is 10.3 Å². The number of hydrogen-bond acceptors (Lipinski definition) is 3. The molecule has 0 saturated heterocycles. The van der Waals surface area contributed by atoms with Crippen molar-refractivity contribution in [3.05, 3.63) is 40.2 Å². The maximum atomic E-state index is 12.2. The third-order valence-corrected chi connectivity index (χ3v) is 3.50. The predicted molar refractivity (Wildman–Crippen MR) is 82.5 cm³/mol. The molecule has 0 atom stereocenters. The van der Waals surface area contributed by atoms with E-state index in [0.29, 0.717) is 17.9 Å². The molecule has 0 aliphatic rings. The van der Waals surface area contributed by atoms with Gasteiger partial charge in [-0.1, -0.05) is 0 Å². The van der Waals surface area contributed by atoms with E-state index in [-0.39, 0.29) is 17.5 Å². The molecule has 0 bridgehead atoms. The van der Waals surface area contributed by atoms with Gasteiger partial charge in [-0.2, -0.15) is 0 Å². The molecule has 1 aromatic heterocycles. The van der Waals surface area contributed by atoms with Gasteiger partial charge < -0.3 is 14.6 Å². The zero-order chi connectivity index (χ0) is 15.6. The maximum absolute atomic E-state index is 12.2. The number of fused-ring (bicyclic) bond motifs is 1. The highest BCUT2D eigenvalue weighted by Crippen LogP contribution is 2.19. The predicted octanol–water partition coefficient (Wildman–Crippen LogP) is 2.29. The van der Waals surface area contributed by atoms with Crippen LogP contribution in [0.25, 0.3) is 10.9 Å². The van der Waals surface area contributed by atoms with E-state index in [1.165, 1.54) is 6.92 Å². The van der Waals surface area contributed by atoms with Crippen LogP contribution in [0.2, 0.25) is 0 Å². The Bertz CT molecular complexity index is 719. The molecule has 0 unspecified atom stereocenters. The van der Waals surface area contributed by atoms with Crippen LogP contribution in [-0.4, -0.2) is 28.9 Å². The lowest BCUT2D eigenvalue weighted by molar-refractivity contribution is -0.131. The molecule has 2 rings (SSSR count). The topological polar surface area (TPSA) is 62.4 Å². The molecule has 0 aliphatic carbocycles. The number of aromatic amines is 1. The van der Waals surface area contributed by atoms with Gasteiger partial charge in [-0.3, -0.25) is 9.59 Å². The second-order valence-corrected chi connectivity index (χ2v) is 5.32. The van der Waals surface area contributed by atoms with E-state index in [1.807, 2.05) is 32.0 Å². The Morgan fingerprint density at radius 1 is 1.33 bits per heavy atom. The summed E-state index contributed by atoms with van der Waals surface area (Å²) in [5, 5.41) is 0.914. The number of rotatable bonds is 4. The Kier molecular flexibility index (Phi) is 4.31. The van der Waals surface area contributed by atoms with Crippen LogP contribution in [0.3, 0.4) is 0 Å². The number of aromatic nitrogens is 1. The summed E-state index contributed by atoms with van der Waals surface area (Å²) in [6.45, 7) is 5.69. The quantitative estimate of drug-likeness (QED) is 0.939. The van der Waals surface area contributed by atoms with Gasteiger partial charge in [0.25, 0.3) is 5.56 Å². The Balaban J connectivity index is 2.43. The Labute approximate surface area is 123 Å². The maximum Gasteiger partial charge on any atom is 0.253 e. The molecule has 1 heterocycles. The molecule has 112 valence electrons. The van der Waals surface area contributed by atoms with Crippen molar-refractivity contribution in [2.75, 3.05) is 7.11 Å². The number of carbonyl (C=O) groups excluding carboxylic acids is 1. The molecule has 5 heteroatoms. The summed E-state index contributed by atoms with van der Waals surface area (Å²) in [5.74, 6) is 0.651. The van der Waals surface area contributed by atoms with Crippen LogP contribution in [0, 0.1) is 0 Å². The summed E-state index contributed by atoms with van der Waals surface area (Å²) in [5.41, 5.74) is 1.13. The van der Waals surface area contributed by atoms with Gasteiger partial charge in [-0.15, -0.1) is 0 Å². The van der Waals surface area contributed by atoms with Gasteiger partial charge in [-0.25, -0.2) is 0 Å². The number of methoxy groups -OCH3 is 1. The van der Waals surface area contributed by atoms with Crippen molar-refractivity contribution in [1.29, 1.82) is 0 Å². The average molecular weight is 288 g/mol. The lowest BCUT2D eigenvalue weighted by Crippen LogP contribution is -2.36. The minimum atomic E-state index is -0.178. The molecular formula is C16H20N2O3. The van der Waals surface area contributed by atoms with Gasteiger partial charge >= 0.3 is 0 Å². The summed E-state index contributed by atoms with van der Waals surface area (Å²) in [6, 6.07) is 7.39. The van der Waals surface area contributed by atoms with E-state index in [4.69, 9.17) is 4.74 Å². The molecule has 0 fully saturated rings. The van der Waals surface area contributed by atoms with E-state index in [1.54, 1.807) is 18.1 Å². The van der Waals surface area contributed by atoms with E-state index in [9.17, 15) is 9.59 Å². The fraction of sp³-hybridized carbons (Fsp3) is 0.375. The third-order valence-electron chi connectivity index (χ3n) is 3.50. The number of H-pyrrole nitrogens is 1. The smallest absolute Gasteiger partial charge is 0.253 e. The van der Waals surface area contributed by atoms with E-state index in [2.05, 4.69) is 4.98 Å². The molecule has 0 aliphatic heterocycles. The van der Waals surface area contributed by atoms with Crippen LogP contribution in [-0.2, 0) is 11.3 Å². The number of nitrogens with zero attached hydrogens (tertiary/aromatic N) is 1. The molecule has 2 aromatic rings. The molecule has 0 spiro atoms. The molecule has 0 radical (unpaired) electrons. The first kappa shape index (κ1) is 15.1. The minimum Gasteiger partial charge on any atom is -0.497 e. The molecule has 5 nitrogen and oxygen atoms in total. The van der Waals surface area contributed by atoms with Crippen molar-refractivity contribution in [3.8, 4) is 5.75 Å². The summed E-state index contributed by atoms with van der Waals surface area (Å²) in [6.07, 6.45) is 0. The number of benzene rings is 1. The van der Waals surface area contributed by atoms with Crippen LogP contribution in [0.4, 0.5) is 0 Å². The highest BCUT2D eigenvalue weighted by atomic mass is 16.5. The van der Waals surface area contributed by atoms with Crippen molar-refractivity contribution in [3.63, 3.8) is 0 Å². The normalized spacial score (nSPS) is 10.9. The van der Waals surface area contributed by atoms with E-state index >= 15 is 0 Å². The van der Waals surface area contributed by atoms with Crippen molar-refractivity contribution in [2.45, 2.75) is 33.4 Å². The zero-order valence-electron chi connectivity index (χ0n) is 12.8. The second-order valence-electron chi connectivity index (χ2n) is 5.32. The van der Waals surface area contributed by atoms with Gasteiger partial charge in [0.15, 0.2) is 0 Å². The highest BCUT2D eigenvalue weighted by Gasteiger charge is 2.15. The Morgan fingerprint density at radius 2 is 2.05 bits per heavy atom. The molecule has 21 heavy (non-hydrogen) atoms. The minimum absolute atomic E-state index is 0.0424. The molecule has 1 amide bonds. The summed E-state index contributed by atoms with van der Waals surface area (Å²) < 4.78 is 5.14. The van der Waals surface area contributed by atoms with Crippen LogP contribution in [0.1, 0.15) is 26.3 Å². The molecule has 0 saturated carbocycles. The van der Waals surface area contributed by atoms with Crippen molar-refractivity contribution in [2.24, 2.45) is 0 Å². The van der Waals surface area contributed by atoms with E-state index in [0.717, 1.165) is 10.9 Å². The summed E-state index contributed by atoms with van der Waals surface area (Å²) in [4.78, 5) is 28.3. The lowest BCUT2D eigenvalue weighted by Gasteiger charge is -2.25. The average Bonchev–Trinajstić information content (AvgIpc) is 2.43. The van der Waals surface area contributed by atoms with Gasteiger partial charge in [0, 0.05) is 24.6 Å². The number of nitrogens with one attached hydrogen (secondary N) is 1. The fourth-order valence-corrected chi connectivity index (χ4v) is 2.31. The summed E-state index contributed by atoms with van der Waals surface area (Å²) in [7, 11) is 1.58. The van der Waals surface area contributed by atoms with Crippen molar-refractivity contribution >= 4 is 16.8 Å². The van der Waals surface area contributed by atoms with Crippen molar-refractivity contribution < 1.29 is 9.53 Å². The number of pyridine rings is 1. The zero-order valence-corrected chi connectivity index (χ0v) is 12.8. The number of amides is 1. The Morgan fingerprint density at radius 3 is 2.62 bits per heavy atom. The van der Waals surface area contributed by atoms with Gasteiger partial charge in [0.05, 0.1) is 19.2 Å². The van der Waals surface area contributed by atoms with Crippen LogP contribution in [0.15, 0.2) is 29.1 Å². The van der Waals surface area contributed by atoms with Gasteiger partial charge in [0.2, 0.25) is 5.91 Å². The number of ether oxygens (including phenoxy) is 1. The lowest BCUT2D eigenvalue weighted by atomic mass is 10.1. The van der Waals surface area contributed by atoms with Crippen LogP contribution in [0.5, 0.6) is 5.75 Å². The monoisotopic (exact) mass is 288 g/mol. The first-order chi connectivity index (χ1) is 9.92. The second kappa shape index (κ2) is 5.99. The fourth-order valence-electron chi connectivity index (χ4n) is 2.31.